The van der Waals surface area contributed by atoms with Gasteiger partial charge in [0.25, 0.3) is 0 Å². The van der Waals surface area contributed by atoms with Gasteiger partial charge in [0.05, 0.1) is 5.69 Å². The van der Waals surface area contributed by atoms with Crippen molar-refractivity contribution in [2.24, 2.45) is 0 Å². The van der Waals surface area contributed by atoms with Crippen LogP contribution in [0.2, 0.25) is 0 Å². The maximum Gasteiger partial charge on any atom is 0.138 e. The number of imidazole rings is 1. The van der Waals surface area contributed by atoms with Crippen LogP contribution < -0.4 is 5.32 Å². The van der Waals surface area contributed by atoms with E-state index in [0.29, 0.717) is 5.92 Å². The average molecular weight is 285 g/mol. The largest absolute Gasteiger partial charge is 0.370 e. The van der Waals surface area contributed by atoms with Crippen molar-refractivity contribution in [1.29, 1.82) is 0 Å². The molecule has 0 spiro atoms. The van der Waals surface area contributed by atoms with Gasteiger partial charge in [-0.1, -0.05) is 32.6 Å². The minimum Gasteiger partial charge on any atom is -0.370 e. The molecule has 3 nitrogen and oxygen atoms in total. The minimum atomic E-state index is 0.642. The third-order valence-electron chi connectivity index (χ3n) is 4.62. The van der Waals surface area contributed by atoms with Crippen LogP contribution in [0.4, 0.5) is 5.82 Å². The van der Waals surface area contributed by atoms with Gasteiger partial charge in [-0.3, -0.25) is 4.40 Å². The Morgan fingerprint density at radius 1 is 1.29 bits per heavy atom. The van der Waals surface area contributed by atoms with Gasteiger partial charge in [-0.25, -0.2) is 4.98 Å². The highest BCUT2D eigenvalue weighted by Gasteiger charge is 2.23. The minimum absolute atomic E-state index is 0.642. The van der Waals surface area contributed by atoms with E-state index in [1.54, 1.807) is 0 Å². The molecule has 1 aliphatic rings. The monoisotopic (exact) mass is 285 g/mol. The van der Waals surface area contributed by atoms with Crippen molar-refractivity contribution >= 4 is 11.5 Å². The van der Waals surface area contributed by atoms with E-state index in [1.165, 1.54) is 62.0 Å². The molecule has 1 aliphatic carbocycles. The molecule has 3 heteroatoms. The molecule has 1 saturated carbocycles. The summed E-state index contributed by atoms with van der Waals surface area (Å²) in [7, 11) is 0. The summed E-state index contributed by atoms with van der Waals surface area (Å²) in [6, 6.07) is 4.36. The lowest BCUT2D eigenvalue weighted by molar-refractivity contribution is 0.438. The first kappa shape index (κ1) is 14.4. The quantitative estimate of drug-likeness (QED) is 0.791. The standard InChI is InChI=1S/C18H27N3/c1-3-4-11-19-18-17(15-8-6-5-7-9-15)20-16-13-14(2)10-12-21(16)18/h10,12-13,15,19H,3-9,11H2,1-2H3. The molecule has 0 aromatic carbocycles. The maximum absolute atomic E-state index is 4.98. The lowest BCUT2D eigenvalue weighted by atomic mass is 9.87. The van der Waals surface area contributed by atoms with Crippen molar-refractivity contribution in [2.75, 3.05) is 11.9 Å². The van der Waals surface area contributed by atoms with Crippen molar-refractivity contribution in [3.8, 4) is 0 Å². The number of aryl methyl sites for hydroxylation is 1. The van der Waals surface area contributed by atoms with E-state index in [9.17, 15) is 0 Å². The fraction of sp³-hybridized carbons (Fsp3) is 0.611. The summed E-state index contributed by atoms with van der Waals surface area (Å²) in [5.41, 5.74) is 3.67. The molecule has 0 amide bonds. The highest BCUT2D eigenvalue weighted by molar-refractivity contribution is 5.57. The third-order valence-corrected chi connectivity index (χ3v) is 4.62. The molecule has 0 atom stereocenters. The van der Waals surface area contributed by atoms with Crippen LogP contribution in [0, 0.1) is 6.92 Å². The molecule has 0 bridgehead atoms. The molecule has 3 rings (SSSR count). The predicted octanol–water partition coefficient (Wildman–Crippen LogP) is 4.90. The zero-order chi connectivity index (χ0) is 14.7. The summed E-state index contributed by atoms with van der Waals surface area (Å²) < 4.78 is 2.24. The van der Waals surface area contributed by atoms with Gasteiger partial charge in [-0.2, -0.15) is 0 Å². The van der Waals surface area contributed by atoms with Gasteiger partial charge in [0, 0.05) is 18.7 Å². The number of hydrogen-bond donors (Lipinski definition) is 1. The fourth-order valence-electron chi connectivity index (χ4n) is 3.38. The zero-order valence-electron chi connectivity index (χ0n) is 13.4. The molecular weight excluding hydrogens is 258 g/mol. The Morgan fingerprint density at radius 2 is 2.10 bits per heavy atom. The number of nitrogens with one attached hydrogen (secondary N) is 1. The predicted molar refractivity (Wildman–Crippen MR) is 89.2 cm³/mol. The molecule has 21 heavy (non-hydrogen) atoms. The number of pyridine rings is 1. The van der Waals surface area contributed by atoms with E-state index in [-0.39, 0.29) is 0 Å². The smallest absolute Gasteiger partial charge is 0.138 e. The number of fused-ring (bicyclic) bond motifs is 1. The van der Waals surface area contributed by atoms with Gasteiger partial charge in [0.2, 0.25) is 0 Å². The lowest BCUT2D eigenvalue weighted by Crippen LogP contribution is -2.10. The van der Waals surface area contributed by atoms with E-state index >= 15 is 0 Å². The molecular formula is C18H27N3. The van der Waals surface area contributed by atoms with Crippen LogP contribution in [0.1, 0.15) is 69.0 Å². The highest BCUT2D eigenvalue weighted by Crippen LogP contribution is 2.36. The molecule has 114 valence electrons. The Hall–Kier alpha value is -1.51. The van der Waals surface area contributed by atoms with Crippen LogP contribution in [-0.4, -0.2) is 15.9 Å². The normalized spacial score (nSPS) is 16.5. The number of nitrogens with zero attached hydrogens (tertiary/aromatic N) is 2. The van der Waals surface area contributed by atoms with Crippen molar-refractivity contribution in [2.45, 2.75) is 64.7 Å². The third kappa shape index (κ3) is 3.07. The first-order valence-electron chi connectivity index (χ1n) is 8.52. The maximum atomic E-state index is 4.98. The van der Waals surface area contributed by atoms with Crippen LogP contribution in [0.15, 0.2) is 18.3 Å². The first-order chi connectivity index (χ1) is 10.3. The van der Waals surface area contributed by atoms with Gasteiger partial charge < -0.3 is 5.32 Å². The van der Waals surface area contributed by atoms with Gasteiger partial charge >= 0.3 is 0 Å². The number of anilines is 1. The van der Waals surface area contributed by atoms with Crippen molar-refractivity contribution in [1.82, 2.24) is 9.38 Å². The Bertz CT molecular complexity index is 594. The van der Waals surface area contributed by atoms with Crippen LogP contribution in [-0.2, 0) is 0 Å². The second-order valence-electron chi connectivity index (χ2n) is 6.39. The number of rotatable bonds is 5. The molecule has 0 unspecified atom stereocenters. The van der Waals surface area contributed by atoms with Crippen molar-refractivity contribution in [3.63, 3.8) is 0 Å². The molecule has 1 fully saturated rings. The van der Waals surface area contributed by atoms with Crippen LogP contribution in [0.25, 0.3) is 5.65 Å². The summed E-state index contributed by atoms with van der Waals surface area (Å²) in [5.74, 6) is 1.88. The number of hydrogen-bond acceptors (Lipinski definition) is 2. The van der Waals surface area contributed by atoms with E-state index in [1.807, 2.05) is 0 Å². The lowest BCUT2D eigenvalue weighted by Gasteiger charge is -2.21. The van der Waals surface area contributed by atoms with E-state index in [2.05, 4.69) is 41.9 Å². The Labute approximate surface area is 127 Å². The van der Waals surface area contributed by atoms with Crippen LogP contribution in [0.5, 0.6) is 0 Å². The molecule has 1 N–H and O–H groups in total. The van der Waals surface area contributed by atoms with Gasteiger partial charge in [0.1, 0.15) is 11.5 Å². The Balaban J connectivity index is 1.97. The highest BCUT2D eigenvalue weighted by atomic mass is 15.1. The molecule has 2 aromatic heterocycles. The number of aromatic nitrogens is 2. The SMILES string of the molecule is CCCCNc1c(C2CCCCC2)nc2cc(C)ccn12. The Morgan fingerprint density at radius 3 is 2.86 bits per heavy atom. The number of unbranched alkanes of at least 4 members (excludes halogenated alkanes) is 1. The van der Waals surface area contributed by atoms with Gasteiger partial charge in [0.15, 0.2) is 0 Å². The van der Waals surface area contributed by atoms with Crippen molar-refractivity contribution < 1.29 is 0 Å². The second-order valence-corrected chi connectivity index (χ2v) is 6.39. The topological polar surface area (TPSA) is 29.3 Å². The molecule has 2 aromatic rings. The van der Waals surface area contributed by atoms with Crippen molar-refractivity contribution in [3.05, 3.63) is 29.6 Å². The summed E-state index contributed by atoms with van der Waals surface area (Å²) in [6.45, 7) is 5.42. The summed E-state index contributed by atoms with van der Waals surface area (Å²) in [4.78, 5) is 4.98. The van der Waals surface area contributed by atoms with E-state index in [0.717, 1.165) is 12.2 Å². The molecule has 2 heterocycles. The molecule has 0 radical (unpaired) electrons. The van der Waals surface area contributed by atoms with Crippen LogP contribution in [0.3, 0.4) is 0 Å². The first-order valence-corrected chi connectivity index (χ1v) is 8.52. The van der Waals surface area contributed by atoms with E-state index < -0.39 is 0 Å². The van der Waals surface area contributed by atoms with Crippen LogP contribution >= 0.6 is 0 Å². The fourth-order valence-corrected chi connectivity index (χ4v) is 3.38. The van der Waals surface area contributed by atoms with Gasteiger partial charge in [-0.05, 0) is 43.9 Å². The van der Waals surface area contributed by atoms with E-state index in [4.69, 9.17) is 4.98 Å². The van der Waals surface area contributed by atoms with Gasteiger partial charge in [-0.15, -0.1) is 0 Å². The second kappa shape index (κ2) is 6.50. The summed E-state index contributed by atoms with van der Waals surface area (Å²) >= 11 is 0. The zero-order valence-corrected chi connectivity index (χ0v) is 13.4. The average Bonchev–Trinajstić information content (AvgIpc) is 2.86. The molecule has 0 aliphatic heterocycles. The summed E-state index contributed by atoms with van der Waals surface area (Å²) in [6.07, 6.45) is 11.3. The molecule has 0 saturated heterocycles. The summed E-state index contributed by atoms with van der Waals surface area (Å²) in [5, 5.41) is 3.65. The Kier molecular flexibility index (Phi) is 4.47.